The number of methoxy groups -OCH3 is 2. The van der Waals surface area contributed by atoms with Gasteiger partial charge in [0.1, 0.15) is 17.8 Å². The number of likely N-dealkylation sites (tertiary alicyclic amines) is 2. The largest absolute Gasteiger partial charge is 0.469 e. The molecule has 4 aromatic heterocycles. The van der Waals surface area contributed by atoms with Gasteiger partial charge >= 0.3 is 12.1 Å². The molecule has 3 amide bonds. The van der Waals surface area contributed by atoms with Crippen LogP contribution in [-0.4, -0.2) is 86.3 Å². The number of alkyl carbamates (subject to hydrolysis) is 1. The van der Waals surface area contributed by atoms with E-state index in [0.29, 0.717) is 13.1 Å². The molecule has 298 valence electrons. The molecule has 7 rings (SSSR count). The number of imidazole rings is 2. The summed E-state index contributed by atoms with van der Waals surface area (Å²) in [6, 6.07) is 16.2. The quantitative estimate of drug-likeness (QED) is 0.150. The first kappa shape index (κ1) is 41.4. The number of amides is 3. The predicted octanol–water partition coefficient (Wildman–Crippen LogP) is 7.78. The average molecular weight is 766 g/mol. The van der Waals surface area contributed by atoms with E-state index in [2.05, 4.69) is 74.3 Å². The number of nitrogens with one attached hydrogen (secondary N) is 1. The smallest absolute Gasteiger partial charge is 0.407 e. The normalized spacial score (nSPS) is 16.2. The molecule has 1 aromatic carbocycles. The molecule has 0 spiro atoms. The minimum absolute atomic E-state index is 0.0536. The van der Waals surface area contributed by atoms with E-state index in [1.54, 1.807) is 4.90 Å². The number of ether oxygens (including phenoxy) is 2. The Balaban J connectivity index is 0.000000941. The number of rotatable bonds is 9. The van der Waals surface area contributed by atoms with Gasteiger partial charge in [-0.05, 0) is 72.2 Å². The lowest BCUT2D eigenvalue weighted by atomic mass is 10.0. The second kappa shape index (κ2) is 19.7. The highest BCUT2D eigenvalue weighted by molar-refractivity contribution is 5.83. The number of nitrogens with zero attached hydrogens (tertiary/aromatic N) is 6. The van der Waals surface area contributed by atoms with Crippen LogP contribution in [0.25, 0.3) is 33.5 Å². The lowest BCUT2D eigenvalue weighted by Crippen LogP contribution is -2.39. The molecule has 2 saturated heterocycles. The molecule has 0 aliphatic carbocycles. The van der Waals surface area contributed by atoms with Crippen LogP contribution < -0.4 is 5.32 Å². The van der Waals surface area contributed by atoms with Gasteiger partial charge in [-0.3, -0.25) is 14.4 Å². The van der Waals surface area contributed by atoms with E-state index in [0.717, 1.165) is 70.6 Å². The number of benzene rings is 1. The maximum Gasteiger partial charge on any atom is 0.407 e. The van der Waals surface area contributed by atoms with Crippen molar-refractivity contribution < 1.29 is 28.7 Å². The van der Waals surface area contributed by atoms with E-state index in [-0.39, 0.29) is 49.3 Å². The number of pyridine rings is 2. The lowest BCUT2D eigenvalue weighted by molar-refractivity contribution is -0.143. The molecule has 13 nitrogen and oxygen atoms in total. The van der Waals surface area contributed by atoms with Crippen LogP contribution >= 0.6 is 0 Å². The Morgan fingerprint density at radius 1 is 0.625 bits per heavy atom. The maximum absolute atomic E-state index is 12.9. The Labute approximate surface area is 329 Å². The lowest BCUT2D eigenvalue weighted by Gasteiger charge is -2.23. The monoisotopic (exact) mass is 765 g/mol. The van der Waals surface area contributed by atoms with Crippen LogP contribution in [0.1, 0.15) is 103 Å². The molecule has 2 aliphatic rings. The molecule has 2 atom stereocenters. The van der Waals surface area contributed by atoms with Gasteiger partial charge in [-0.1, -0.05) is 64.8 Å². The van der Waals surface area contributed by atoms with E-state index in [1.807, 2.05) is 50.5 Å². The molecular weight excluding hydrogens is 711 g/mol. The Morgan fingerprint density at radius 2 is 1.07 bits per heavy atom. The summed E-state index contributed by atoms with van der Waals surface area (Å²) in [5.74, 6) is -0.599. The van der Waals surface area contributed by atoms with Crippen LogP contribution in [0.3, 0.4) is 0 Å². The Hall–Kier alpha value is -5.72. The second-order valence-corrected chi connectivity index (χ2v) is 14.1. The minimum atomic E-state index is -0.631. The zero-order valence-corrected chi connectivity index (χ0v) is 33.5. The highest BCUT2D eigenvalue weighted by Crippen LogP contribution is 2.34. The zero-order chi connectivity index (χ0) is 40.2. The van der Waals surface area contributed by atoms with Crippen molar-refractivity contribution in [2.45, 2.75) is 91.1 Å². The molecule has 0 radical (unpaired) electrons. The van der Waals surface area contributed by atoms with Gasteiger partial charge in [0.05, 0.1) is 44.1 Å². The molecule has 1 N–H and O–H groups in total. The van der Waals surface area contributed by atoms with Gasteiger partial charge in [-0.25, -0.2) is 14.8 Å². The molecule has 0 unspecified atom stereocenters. The molecule has 2 fully saturated rings. The highest BCUT2D eigenvalue weighted by Gasteiger charge is 2.33. The second-order valence-electron chi connectivity index (χ2n) is 14.1. The summed E-state index contributed by atoms with van der Waals surface area (Å²) in [7, 11) is 2.60. The third kappa shape index (κ3) is 9.92. The van der Waals surface area contributed by atoms with E-state index in [1.165, 1.54) is 27.1 Å². The van der Waals surface area contributed by atoms with Crippen molar-refractivity contribution in [3.05, 3.63) is 84.7 Å². The predicted molar refractivity (Wildman–Crippen MR) is 216 cm³/mol. The van der Waals surface area contributed by atoms with E-state index in [4.69, 9.17) is 14.7 Å². The van der Waals surface area contributed by atoms with E-state index in [9.17, 15) is 19.2 Å². The molecule has 2 aliphatic heterocycles. The fourth-order valence-corrected chi connectivity index (χ4v) is 7.06. The highest BCUT2D eigenvalue weighted by atomic mass is 16.5. The molecule has 0 saturated carbocycles. The number of hydrogen-bond acceptors (Lipinski definition) is 8. The van der Waals surface area contributed by atoms with Crippen LogP contribution in [0.15, 0.2) is 73.3 Å². The van der Waals surface area contributed by atoms with Crippen molar-refractivity contribution >= 4 is 35.2 Å². The maximum atomic E-state index is 12.9. The first-order chi connectivity index (χ1) is 27.1. The first-order valence-electron chi connectivity index (χ1n) is 19.7. The van der Waals surface area contributed by atoms with Gasteiger partial charge in [0.15, 0.2) is 0 Å². The minimum Gasteiger partial charge on any atom is -0.469 e. The number of carbonyl (C=O) groups excluding carboxylic acids is 4. The summed E-state index contributed by atoms with van der Waals surface area (Å²) in [5.41, 5.74) is 7.47. The summed E-state index contributed by atoms with van der Waals surface area (Å²) in [5, 5.41) is 2.47. The SMILES string of the molecule is CCC.CCC.COC(=O)CCC(=O)N1CCC[C@@H]1c1cn2cc(-c3ccc(-c4ccc5nc([C@H]6CCCN6C(=O)CNC(=O)OC)cn5c4)cc3)ccc2n1. The Morgan fingerprint density at radius 3 is 1.52 bits per heavy atom. The summed E-state index contributed by atoms with van der Waals surface area (Å²) in [4.78, 5) is 62.0. The van der Waals surface area contributed by atoms with Crippen molar-refractivity contribution in [3.63, 3.8) is 0 Å². The third-order valence-electron chi connectivity index (χ3n) is 9.66. The third-order valence-corrected chi connectivity index (χ3v) is 9.66. The van der Waals surface area contributed by atoms with Crippen molar-refractivity contribution in [2.24, 2.45) is 0 Å². The van der Waals surface area contributed by atoms with Gasteiger partial charge in [0.2, 0.25) is 11.8 Å². The number of carbonyl (C=O) groups is 4. The molecule has 56 heavy (non-hydrogen) atoms. The van der Waals surface area contributed by atoms with Gasteiger partial charge in [0, 0.05) is 44.3 Å². The van der Waals surface area contributed by atoms with Crippen molar-refractivity contribution in [1.29, 1.82) is 0 Å². The Kier molecular flexibility index (Phi) is 14.6. The van der Waals surface area contributed by atoms with Crippen molar-refractivity contribution in [1.82, 2.24) is 33.9 Å². The van der Waals surface area contributed by atoms with Crippen molar-refractivity contribution in [3.8, 4) is 22.3 Å². The van der Waals surface area contributed by atoms with Crippen LogP contribution in [0.5, 0.6) is 0 Å². The van der Waals surface area contributed by atoms with E-state index >= 15 is 0 Å². The van der Waals surface area contributed by atoms with Crippen LogP contribution in [0, 0.1) is 0 Å². The molecule has 5 aromatic rings. The summed E-state index contributed by atoms with van der Waals surface area (Å²) < 4.78 is 13.3. The fourth-order valence-electron chi connectivity index (χ4n) is 7.06. The average Bonchev–Trinajstić information content (AvgIpc) is 4.04. The topological polar surface area (TPSA) is 140 Å². The Bertz CT molecular complexity index is 1960. The summed E-state index contributed by atoms with van der Waals surface area (Å²) in [6.45, 7) is 9.66. The summed E-state index contributed by atoms with van der Waals surface area (Å²) in [6.07, 6.45) is 13.6. The molecular formula is C43H55N7O6. The van der Waals surface area contributed by atoms with Crippen LogP contribution in [0.4, 0.5) is 4.79 Å². The number of fused-ring (bicyclic) bond motifs is 2. The van der Waals surface area contributed by atoms with Gasteiger partial charge in [-0.15, -0.1) is 0 Å². The number of aromatic nitrogens is 4. The van der Waals surface area contributed by atoms with Crippen molar-refractivity contribution in [2.75, 3.05) is 33.9 Å². The first-order valence-corrected chi connectivity index (χ1v) is 19.7. The standard InChI is InChI=1S/C37H39N7O6.2C3H8/c1-49-36(47)16-15-34(45)43-17-3-5-30(43)28-22-41-20-26(11-13-32(41)39-28)24-7-9-25(10-8-24)27-12-14-33-40-29(23-42(33)21-27)31-6-4-18-44(31)35(46)19-38-37(48)50-2;2*1-3-2/h7-14,20-23,30-31H,3-6,15-19H2,1-2H3,(H,38,48);2*3H2,1-2H3/t30-,31-;;/m1../s1. The van der Waals surface area contributed by atoms with Crippen LogP contribution in [0.2, 0.25) is 0 Å². The number of esters is 1. The van der Waals surface area contributed by atoms with Gasteiger partial charge in [-0.2, -0.15) is 0 Å². The molecule has 13 heteroatoms. The van der Waals surface area contributed by atoms with Crippen LogP contribution in [-0.2, 0) is 23.9 Å². The zero-order valence-electron chi connectivity index (χ0n) is 33.5. The van der Waals surface area contributed by atoms with Gasteiger partial charge < -0.3 is 33.4 Å². The fraction of sp³-hybridized carbons (Fsp3) is 0.442. The van der Waals surface area contributed by atoms with Gasteiger partial charge in [0.25, 0.3) is 0 Å². The number of hydrogen-bond donors (Lipinski definition) is 1. The summed E-state index contributed by atoms with van der Waals surface area (Å²) >= 11 is 0. The van der Waals surface area contributed by atoms with E-state index < -0.39 is 6.09 Å². The molecule has 0 bridgehead atoms. The molecule has 6 heterocycles.